The number of hydrogen-bond acceptors (Lipinski definition) is 3. The van der Waals surface area contributed by atoms with Gasteiger partial charge in [-0.05, 0) is 31.2 Å². The Labute approximate surface area is 117 Å². The lowest BCUT2D eigenvalue weighted by Gasteiger charge is -2.13. The second kappa shape index (κ2) is 4.98. The Kier molecular flexibility index (Phi) is 3.16. The minimum atomic E-state index is -0.801. The van der Waals surface area contributed by atoms with E-state index < -0.39 is 6.10 Å². The molecule has 1 atom stereocenters. The first-order valence-electron chi connectivity index (χ1n) is 6.45. The molecular weight excluding hydrogens is 252 g/mol. The minimum Gasteiger partial charge on any atom is -0.496 e. The molecule has 0 saturated heterocycles. The molecule has 2 aromatic heterocycles. The van der Waals surface area contributed by atoms with Gasteiger partial charge in [0.1, 0.15) is 17.5 Å². The number of pyridine rings is 1. The molecule has 0 radical (unpaired) electrons. The lowest BCUT2D eigenvalue weighted by Crippen LogP contribution is -2.03. The van der Waals surface area contributed by atoms with E-state index in [1.807, 2.05) is 60.1 Å². The van der Waals surface area contributed by atoms with Crippen LogP contribution in [0.15, 0.2) is 48.8 Å². The number of hydrogen-bond donors (Lipinski definition) is 1. The van der Waals surface area contributed by atoms with Crippen LogP contribution in [0.25, 0.3) is 5.65 Å². The highest BCUT2D eigenvalue weighted by Gasteiger charge is 2.18. The Balaban J connectivity index is 2.07. The summed E-state index contributed by atoms with van der Waals surface area (Å²) >= 11 is 0. The van der Waals surface area contributed by atoms with E-state index in [0.29, 0.717) is 11.4 Å². The zero-order valence-electron chi connectivity index (χ0n) is 11.4. The van der Waals surface area contributed by atoms with Crippen molar-refractivity contribution in [2.45, 2.75) is 13.0 Å². The second-order valence-corrected chi connectivity index (χ2v) is 4.78. The molecule has 1 unspecified atom stereocenters. The lowest BCUT2D eigenvalue weighted by atomic mass is 10.0. The van der Waals surface area contributed by atoms with Gasteiger partial charge in [-0.15, -0.1) is 0 Å². The fourth-order valence-corrected chi connectivity index (χ4v) is 2.31. The van der Waals surface area contributed by atoms with E-state index in [0.717, 1.165) is 16.8 Å². The third-order valence-electron chi connectivity index (χ3n) is 3.34. The molecule has 0 bridgehead atoms. The molecule has 0 amide bonds. The van der Waals surface area contributed by atoms with Gasteiger partial charge in [-0.25, -0.2) is 4.98 Å². The quantitative estimate of drug-likeness (QED) is 0.794. The lowest BCUT2D eigenvalue weighted by molar-refractivity contribution is 0.210. The summed E-state index contributed by atoms with van der Waals surface area (Å²) in [6, 6.07) is 11.5. The number of aliphatic hydroxyl groups is 1. The van der Waals surface area contributed by atoms with E-state index in [9.17, 15) is 5.11 Å². The van der Waals surface area contributed by atoms with Crippen LogP contribution in [0, 0.1) is 6.92 Å². The number of rotatable bonds is 3. The number of aromatic nitrogens is 2. The molecule has 0 aliphatic carbocycles. The highest BCUT2D eigenvalue weighted by molar-refractivity contribution is 5.45. The first-order chi connectivity index (χ1) is 9.69. The van der Waals surface area contributed by atoms with Crippen LogP contribution in [-0.4, -0.2) is 21.6 Å². The Hall–Kier alpha value is -2.33. The monoisotopic (exact) mass is 268 g/mol. The molecule has 0 aliphatic heterocycles. The van der Waals surface area contributed by atoms with Gasteiger partial charge in [0, 0.05) is 18.0 Å². The van der Waals surface area contributed by atoms with E-state index in [1.54, 1.807) is 7.11 Å². The van der Waals surface area contributed by atoms with Gasteiger partial charge in [-0.1, -0.05) is 17.7 Å². The Bertz CT molecular complexity index is 716. The van der Waals surface area contributed by atoms with Crippen LogP contribution in [0.1, 0.15) is 22.9 Å². The van der Waals surface area contributed by atoms with Crippen molar-refractivity contribution < 1.29 is 9.84 Å². The zero-order valence-corrected chi connectivity index (χ0v) is 11.4. The summed E-state index contributed by atoms with van der Waals surface area (Å²) in [5, 5.41) is 10.6. The summed E-state index contributed by atoms with van der Waals surface area (Å²) in [4.78, 5) is 4.45. The zero-order chi connectivity index (χ0) is 14.1. The smallest absolute Gasteiger partial charge is 0.137 e. The normalized spacial score (nSPS) is 12.6. The van der Waals surface area contributed by atoms with Gasteiger partial charge >= 0.3 is 0 Å². The topological polar surface area (TPSA) is 46.8 Å². The Morgan fingerprint density at radius 2 is 2.10 bits per heavy atom. The van der Waals surface area contributed by atoms with Gasteiger partial charge in [0.15, 0.2) is 0 Å². The molecule has 1 N–H and O–H groups in total. The molecule has 0 fully saturated rings. The van der Waals surface area contributed by atoms with Crippen molar-refractivity contribution in [1.82, 2.24) is 9.38 Å². The molecule has 0 saturated carbocycles. The number of benzene rings is 1. The molecular formula is C16H16N2O2. The summed E-state index contributed by atoms with van der Waals surface area (Å²) < 4.78 is 7.21. The van der Waals surface area contributed by atoms with Crippen molar-refractivity contribution in [3.8, 4) is 5.75 Å². The number of ether oxygens (including phenoxy) is 1. The number of methoxy groups -OCH3 is 1. The van der Waals surface area contributed by atoms with Crippen molar-refractivity contribution in [3.05, 3.63) is 65.6 Å². The van der Waals surface area contributed by atoms with Crippen molar-refractivity contribution in [1.29, 1.82) is 0 Å². The number of aryl methyl sites for hydroxylation is 1. The molecule has 2 heterocycles. The fraction of sp³-hybridized carbons (Fsp3) is 0.188. The summed E-state index contributed by atoms with van der Waals surface area (Å²) in [5.41, 5.74) is 3.23. The van der Waals surface area contributed by atoms with E-state index in [4.69, 9.17) is 4.74 Å². The second-order valence-electron chi connectivity index (χ2n) is 4.78. The standard InChI is InChI=1S/C16H16N2O2/c1-11-6-7-14(20-2)12(9-11)16(19)13-10-18-8-4-3-5-15(18)17-13/h3-10,16,19H,1-2H3. The van der Waals surface area contributed by atoms with Gasteiger partial charge in [0.25, 0.3) is 0 Å². The van der Waals surface area contributed by atoms with Gasteiger partial charge in [-0.3, -0.25) is 0 Å². The van der Waals surface area contributed by atoms with Crippen molar-refractivity contribution in [2.75, 3.05) is 7.11 Å². The Morgan fingerprint density at radius 1 is 1.25 bits per heavy atom. The van der Waals surface area contributed by atoms with Crippen LogP contribution in [0.5, 0.6) is 5.75 Å². The molecule has 0 spiro atoms. The largest absolute Gasteiger partial charge is 0.496 e. The number of aliphatic hydroxyl groups excluding tert-OH is 1. The molecule has 1 aromatic carbocycles. The van der Waals surface area contributed by atoms with Gasteiger partial charge < -0.3 is 14.2 Å². The van der Waals surface area contributed by atoms with E-state index in [-0.39, 0.29) is 0 Å². The maximum atomic E-state index is 10.6. The van der Waals surface area contributed by atoms with Gasteiger partial charge in [0.2, 0.25) is 0 Å². The van der Waals surface area contributed by atoms with Crippen molar-refractivity contribution >= 4 is 5.65 Å². The molecule has 102 valence electrons. The SMILES string of the molecule is COc1ccc(C)cc1C(O)c1cn2ccccc2n1. The summed E-state index contributed by atoms with van der Waals surface area (Å²) in [6.45, 7) is 1.99. The third-order valence-corrected chi connectivity index (χ3v) is 3.34. The number of fused-ring (bicyclic) bond motifs is 1. The highest BCUT2D eigenvalue weighted by atomic mass is 16.5. The first kappa shape index (κ1) is 12.7. The van der Waals surface area contributed by atoms with E-state index in [2.05, 4.69) is 4.98 Å². The molecule has 20 heavy (non-hydrogen) atoms. The van der Waals surface area contributed by atoms with E-state index in [1.165, 1.54) is 0 Å². The van der Waals surface area contributed by atoms with Crippen LogP contribution in [0.4, 0.5) is 0 Å². The highest BCUT2D eigenvalue weighted by Crippen LogP contribution is 2.30. The average molecular weight is 268 g/mol. The van der Waals surface area contributed by atoms with Crippen molar-refractivity contribution in [2.24, 2.45) is 0 Å². The number of nitrogens with zero attached hydrogens (tertiary/aromatic N) is 2. The van der Waals surface area contributed by atoms with Crippen molar-refractivity contribution in [3.63, 3.8) is 0 Å². The maximum Gasteiger partial charge on any atom is 0.137 e. The van der Waals surface area contributed by atoms with Crippen LogP contribution in [0.3, 0.4) is 0 Å². The summed E-state index contributed by atoms with van der Waals surface area (Å²) in [5.74, 6) is 0.667. The fourth-order valence-electron chi connectivity index (χ4n) is 2.31. The Morgan fingerprint density at radius 3 is 2.85 bits per heavy atom. The summed E-state index contributed by atoms with van der Waals surface area (Å²) in [7, 11) is 1.60. The van der Waals surface area contributed by atoms with Gasteiger partial charge in [0.05, 0.1) is 12.8 Å². The van der Waals surface area contributed by atoms with Crippen LogP contribution < -0.4 is 4.74 Å². The molecule has 4 nitrogen and oxygen atoms in total. The van der Waals surface area contributed by atoms with Crippen LogP contribution in [-0.2, 0) is 0 Å². The van der Waals surface area contributed by atoms with Crippen LogP contribution >= 0.6 is 0 Å². The maximum absolute atomic E-state index is 10.6. The molecule has 3 aromatic rings. The average Bonchev–Trinajstić information content (AvgIpc) is 2.90. The van der Waals surface area contributed by atoms with E-state index >= 15 is 0 Å². The summed E-state index contributed by atoms with van der Waals surface area (Å²) in [6.07, 6.45) is 2.94. The molecule has 4 heteroatoms. The molecule has 3 rings (SSSR count). The van der Waals surface area contributed by atoms with Gasteiger partial charge in [-0.2, -0.15) is 0 Å². The van der Waals surface area contributed by atoms with Crippen LogP contribution in [0.2, 0.25) is 0 Å². The minimum absolute atomic E-state index is 0.611. The first-order valence-corrected chi connectivity index (χ1v) is 6.45. The number of imidazole rings is 1. The predicted octanol–water partition coefficient (Wildman–Crippen LogP) is 2.73. The molecule has 0 aliphatic rings. The third kappa shape index (κ3) is 2.14. The predicted molar refractivity (Wildman–Crippen MR) is 77.0 cm³/mol.